The first-order chi connectivity index (χ1) is 10.3. The minimum absolute atomic E-state index is 0. The Labute approximate surface area is 152 Å². The number of rotatable bonds is 4. The van der Waals surface area contributed by atoms with Crippen molar-refractivity contribution in [3.8, 4) is 0 Å². The molecule has 1 aliphatic rings. The second-order valence-corrected chi connectivity index (χ2v) is 6.01. The topological polar surface area (TPSA) is 88.8 Å². The lowest BCUT2D eigenvalue weighted by Gasteiger charge is -2.19. The highest BCUT2D eigenvalue weighted by atomic mass is 35.5. The van der Waals surface area contributed by atoms with Crippen molar-refractivity contribution in [1.29, 1.82) is 0 Å². The Hall–Kier alpha value is -1.15. The minimum atomic E-state index is 0. The van der Waals surface area contributed by atoms with Crippen molar-refractivity contribution >= 4 is 47.9 Å². The number of nitrogen functional groups attached to an aromatic ring is 1. The molecule has 6 nitrogen and oxygen atoms in total. The van der Waals surface area contributed by atoms with E-state index in [4.69, 9.17) is 5.73 Å². The fraction of sp³-hybridized carbons (Fsp3) is 0.500. The molecule has 3 heterocycles. The largest absolute Gasteiger partial charge is 0.368 e. The summed E-state index contributed by atoms with van der Waals surface area (Å²) in [5, 5.41) is 9.98. The van der Waals surface area contributed by atoms with Crippen LogP contribution in [-0.4, -0.2) is 28.0 Å². The molecule has 0 aromatic carbocycles. The van der Waals surface area contributed by atoms with Crippen molar-refractivity contribution in [2.75, 3.05) is 24.1 Å². The van der Waals surface area contributed by atoms with Crippen LogP contribution in [0.25, 0.3) is 0 Å². The van der Waals surface area contributed by atoms with Crippen LogP contribution in [0.4, 0.5) is 11.8 Å². The third kappa shape index (κ3) is 4.67. The smallest absolute Gasteiger partial charge is 0.222 e. The average molecular weight is 377 g/mol. The molecule has 0 radical (unpaired) electrons. The lowest BCUT2D eigenvalue weighted by atomic mass is 10.1. The monoisotopic (exact) mass is 376 g/mol. The lowest BCUT2D eigenvalue weighted by Crippen LogP contribution is -2.17. The molecule has 1 aliphatic heterocycles. The first-order valence-corrected chi connectivity index (χ1v) is 8.17. The molecule has 3 rings (SSSR count). The molecule has 0 spiro atoms. The van der Waals surface area contributed by atoms with Crippen LogP contribution in [0.3, 0.4) is 0 Å². The summed E-state index contributed by atoms with van der Waals surface area (Å²) in [6, 6.07) is 0.166. The summed E-state index contributed by atoms with van der Waals surface area (Å²) in [4.78, 5) is 13.2. The first kappa shape index (κ1) is 19.9. The van der Waals surface area contributed by atoms with Gasteiger partial charge in [0.05, 0.1) is 11.7 Å². The molecule has 23 heavy (non-hydrogen) atoms. The molecule has 1 atom stereocenters. The highest BCUT2D eigenvalue weighted by Gasteiger charge is 2.19. The molecule has 9 heteroatoms. The van der Waals surface area contributed by atoms with Crippen LogP contribution in [0.15, 0.2) is 11.6 Å². The molecule has 0 bridgehead atoms. The van der Waals surface area contributed by atoms with E-state index in [0.717, 1.165) is 48.9 Å². The van der Waals surface area contributed by atoms with Gasteiger partial charge in [-0.3, -0.25) is 0 Å². The van der Waals surface area contributed by atoms with Crippen molar-refractivity contribution in [3.63, 3.8) is 0 Å². The number of nitrogens with one attached hydrogen (secondary N) is 2. The number of thiazole rings is 1. The summed E-state index contributed by atoms with van der Waals surface area (Å²) in [5.74, 6) is 1.20. The van der Waals surface area contributed by atoms with Gasteiger partial charge in [0.15, 0.2) is 0 Å². The molecule has 0 aliphatic carbocycles. The van der Waals surface area contributed by atoms with E-state index in [0.29, 0.717) is 5.95 Å². The van der Waals surface area contributed by atoms with Crippen LogP contribution in [0.5, 0.6) is 0 Å². The highest BCUT2D eigenvalue weighted by Crippen LogP contribution is 2.27. The molecular weight excluding hydrogens is 355 g/mol. The van der Waals surface area contributed by atoms with Gasteiger partial charge in [-0.1, -0.05) is 6.92 Å². The second kappa shape index (κ2) is 9.22. The van der Waals surface area contributed by atoms with Crippen molar-refractivity contribution in [3.05, 3.63) is 27.8 Å². The van der Waals surface area contributed by atoms with Crippen molar-refractivity contribution in [2.24, 2.45) is 0 Å². The van der Waals surface area contributed by atoms with Crippen molar-refractivity contribution in [2.45, 2.75) is 32.2 Å². The summed E-state index contributed by atoms with van der Waals surface area (Å²) >= 11 is 1.66. The minimum Gasteiger partial charge on any atom is -0.368 e. The SMILES string of the molecule is CCC(Nc1nc(N)nc2c1CCNCC2)c1nccs1.Cl.Cl. The zero-order valence-corrected chi connectivity index (χ0v) is 15.4. The quantitative estimate of drug-likeness (QED) is 0.759. The molecule has 1 unspecified atom stereocenters. The van der Waals surface area contributed by atoms with E-state index < -0.39 is 0 Å². The van der Waals surface area contributed by atoms with Crippen LogP contribution in [0.1, 0.15) is 35.7 Å². The summed E-state index contributed by atoms with van der Waals surface area (Å²) in [5.41, 5.74) is 8.12. The number of halogens is 2. The second-order valence-electron chi connectivity index (χ2n) is 5.08. The van der Waals surface area contributed by atoms with E-state index in [1.165, 1.54) is 5.56 Å². The van der Waals surface area contributed by atoms with Crippen LogP contribution >= 0.6 is 36.2 Å². The van der Waals surface area contributed by atoms with Crippen molar-refractivity contribution < 1.29 is 0 Å². The first-order valence-electron chi connectivity index (χ1n) is 7.29. The molecule has 0 saturated heterocycles. The number of nitrogens with zero attached hydrogens (tertiary/aromatic N) is 3. The summed E-state index contributed by atoms with van der Waals surface area (Å²) in [7, 11) is 0. The molecule has 2 aromatic heterocycles. The van der Waals surface area contributed by atoms with Gasteiger partial charge in [0.1, 0.15) is 10.8 Å². The molecule has 0 fully saturated rings. The van der Waals surface area contributed by atoms with Gasteiger partial charge in [0.25, 0.3) is 0 Å². The van der Waals surface area contributed by atoms with Gasteiger partial charge in [-0.05, 0) is 19.4 Å². The standard InChI is InChI=1S/C14H20N6S.2ClH/c1-2-10(13-17-7-8-21-13)18-12-9-3-5-16-6-4-11(9)19-14(15)20-12;;/h7-8,10,16H,2-6H2,1H3,(H3,15,18,19,20);2*1H. The molecular formula is C14H22Cl2N6S. The van der Waals surface area contributed by atoms with Crippen LogP contribution < -0.4 is 16.4 Å². The lowest BCUT2D eigenvalue weighted by molar-refractivity contribution is 0.707. The fourth-order valence-electron chi connectivity index (χ4n) is 2.59. The maximum Gasteiger partial charge on any atom is 0.222 e. The Morgan fingerprint density at radius 3 is 2.78 bits per heavy atom. The van der Waals surface area contributed by atoms with E-state index in [9.17, 15) is 0 Å². The Morgan fingerprint density at radius 1 is 1.30 bits per heavy atom. The Bertz CT molecular complexity index is 608. The van der Waals surface area contributed by atoms with Gasteiger partial charge in [-0.2, -0.15) is 4.98 Å². The molecule has 128 valence electrons. The normalized spacial score (nSPS) is 14.7. The maximum absolute atomic E-state index is 5.87. The van der Waals surface area contributed by atoms with Gasteiger partial charge in [0, 0.05) is 30.1 Å². The van der Waals surface area contributed by atoms with Gasteiger partial charge in [-0.15, -0.1) is 36.2 Å². The number of hydrogen-bond acceptors (Lipinski definition) is 7. The third-order valence-corrected chi connectivity index (χ3v) is 4.56. The number of hydrogen-bond donors (Lipinski definition) is 3. The number of fused-ring (bicyclic) bond motifs is 1. The predicted molar refractivity (Wildman–Crippen MR) is 100.0 cm³/mol. The van der Waals surface area contributed by atoms with E-state index >= 15 is 0 Å². The van der Waals surface area contributed by atoms with Gasteiger partial charge >= 0.3 is 0 Å². The van der Waals surface area contributed by atoms with Crippen LogP contribution in [0, 0.1) is 0 Å². The van der Waals surface area contributed by atoms with Gasteiger partial charge < -0.3 is 16.4 Å². The van der Waals surface area contributed by atoms with Gasteiger partial charge in [-0.25, -0.2) is 9.97 Å². The average Bonchev–Trinajstić information content (AvgIpc) is 2.90. The highest BCUT2D eigenvalue weighted by molar-refractivity contribution is 7.09. The Kier molecular flexibility index (Phi) is 7.98. The van der Waals surface area contributed by atoms with E-state index in [1.54, 1.807) is 11.3 Å². The summed E-state index contributed by atoms with van der Waals surface area (Å²) in [6.45, 7) is 4.03. The van der Waals surface area contributed by atoms with Crippen LogP contribution in [-0.2, 0) is 12.8 Å². The Balaban J connectivity index is 0.00000132. The van der Waals surface area contributed by atoms with Crippen LogP contribution in [0.2, 0.25) is 0 Å². The third-order valence-electron chi connectivity index (χ3n) is 3.67. The van der Waals surface area contributed by atoms with E-state index in [1.807, 2.05) is 11.6 Å². The molecule has 0 amide bonds. The van der Waals surface area contributed by atoms with Crippen molar-refractivity contribution in [1.82, 2.24) is 20.3 Å². The van der Waals surface area contributed by atoms with E-state index in [2.05, 4.69) is 32.5 Å². The molecule has 2 aromatic rings. The summed E-state index contributed by atoms with van der Waals surface area (Å²) in [6.07, 6.45) is 4.60. The maximum atomic E-state index is 5.87. The predicted octanol–water partition coefficient (Wildman–Crippen LogP) is 2.61. The Morgan fingerprint density at radius 2 is 2.09 bits per heavy atom. The summed E-state index contributed by atoms with van der Waals surface area (Å²) < 4.78 is 0. The van der Waals surface area contributed by atoms with E-state index in [-0.39, 0.29) is 30.9 Å². The number of anilines is 2. The number of aromatic nitrogens is 3. The zero-order chi connectivity index (χ0) is 14.7. The zero-order valence-electron chi connectivity index (χ0n) is 12.9. The molecule has 0 saturated carbocycles. The number of nitrogens with two attached hydrogens (primary N) is 1. The fourth-order valence-corrected chi connectivity index (χ4v) is 3.37. The molecule has 4 N–H and O–H groups in total. The van der Waals surface area contributed by atoms with Gasteiger partial charge in [0.2, 0.25) is 5.95 Å².